The summed E-state index contributed by atoms with van der Waals surface area (Å²) in [6.07, 6.45) is 3.13. The molecule has 1 aliphatic heterocycles. The fourth-order valence-electron chi connectivity index (χ4n) is 2.39. The van der Waals surface area contributed by atoms with E-state index < -0.39 is 17.9 Å². The summed E-state index contributed by atoms with van der Waals surface area (Å²) in [6.45, 7) is 0.554. The van der Waals surface area contributed by atoms with E-state index in [1.807, 2.05) is 24.3 Å². The van der Waals surface area contributed by atoms with Gasteiger partial charge in [-0.2, -0.15) is 0 Å². The van der Waals surface area contributed by atoms with Crippen LogP contribution in [0.3, 0.4) is 0 Å². The molecule has 1 N–H and O–H groups in total. The Kier molecular flexibility index (Phi) is 4.44. The number of hydrogen-bond donors (Lipinski definition) is 1. The Hall–Kier alpha value is -2.19. The molecule has 7 nitrogen and oxygen atoms in total. The van der Waals surface area contributed by atoms with E-state index in [0.29, 0.717) is 6.61 Å². The van der Waals surface area contributed by atoms with E-state index in [4.69, 9.17) is 4.74 Å². The van der Waals surface area contributed by atoms with E-state index >= 15 is 0 Å². The molecule has 1 saturated heterocycles. The molecule has 2 heterocycles. The lowest BCUT2D eigenvalue weighted by molar-refractivity contribution is -0.147. The summed E-state index contributed by atoms with van der Waals surface area (Å²) in [5, 5.41) is 9.21. The van der Waals surface area contributed by atoms with Gasteiger partial charge in [0.05, 0.1) is 13.2 Å². The summed E-state index contributed by atoms with van der Waals surface area (Å²) in [5.41, 5.74) is 1.07. The lowest BCUT2D eigenvalue weighted by atomic mass is 10.2. The van der Waals surface area contributed by atoms with Gasteiger partial charge in [-0.05, 0) is 24.3 Å². The smallest absolute Gasteiger partial charge is 0.328 e. The highest BCUT2D eigenvalue weighted by molar-refractivity contribution is 9.10. The Balaban J connectivity index is 1.83. The van der Waals surface area contributed by atoms with Gasteiger partial charge >= 0.3 is 5.97 Å². The molecule has 1 atom stereocenters. The summed E-state index contributed by atoms with van der Waals surface area (Å²) in [6, 6.07) is 6.57. The number of carboxylic acids is 1. The highest BCUT2D eigenvalue weighted by Gasteiger charge is 2.34. The third kappa shape index (κ3) is 3.27. The van der Waals surface area contributed by atoms with E-state index in [-0.39, 0.29) is 18.8 Å². The van der Waals surface area contributed by atoms with Gasteiger partial charge in [-0.1, -0.05) is 15.9 Å². The van der Waals surface area contributed by atoms with Crippen molar-refractivity contribution in [1.29, 1.82) is 0 Å². The average Bonchev–Trinajstić information content (AvgIpc) is 3.04. The molecule has 2 aromatic rings. The van der Waals surface area contributed by atoms with Gasteiger partial charge in [-0.25, -0.2) is 9.78 Å². The maximum absolute atomic E-state index is 12.5. The van der Waals surface area contributed by atoms with E-state index in [0.717, 1.165) is 10.2 Å². The molecule has 23 heavy (non-hydrogen) atoms. The number of carboxylic acid groups (broad SMARTS) is 1. The SMILES string of the molecule is O=C(O)C1COCCN1C(=O)c1cn(-c2ccc(Br)cc2)cn1. The summed E-state index contributed by atoms with van der Waals surface area (Å²) < 4.78 is 7.81. The Morgan fingerprint density at radius 1 is 1.30 bits per heavy atom. The largest absolute Gasteiger partial charge is 0.480 e. The Morgan fingerprint density at radius 2 is 2.04 bits per heavy atom. The maximum Gasteiger partial charge on any atom is 0.328 e. The molecule has 3 rings (SSSR count). The van der Waals surface area contributed by atoms with Crippen molar-refractivity contribution in [3.8, 4) is 5.69 Å². The van der Waals surface area contributed by atoms with Crippen molar-refractivity contribution in [2.75, 3.05) is 19.8 Å². The molecule has 1 fully saturated rings. The van der Waals surface area contributed by atoms with Gasteiger partial charge in [0, 0.05) is 22.9 Å². The topological polar surface area (TPSA) is 84.7 Å². The average molecular weight is 380 g/mol. The second-order valence-electron chi connectivity index (χ2n) is 5.07. The number of benzene rings is 1. The van der Waals surface area contributed by atoms with Crippen LogP contribution in [-0.2, 0) is 9.53 Å². The van der Waals surface area contributed by atoms with Gasteiger partial charge < -0.3 is 19.3 Å². The molecule has 120 valence electrons. The van der Waals surface area contributed by atoms with Crippen LogP contribution in [0.1, 0.15) is 10.5 Å². The minimum absolute atomic E-state index is 0.00546. The van der Waals surface area contributed by atoms with E-state index in [1.54, 1.807) is 10.8 Å². The van der Waals surface area contributed by atoms with Crippen molar-refractivity contribution in [2.24, 2.45) is 0 Å². The highest BCUT2D eigenvalue weighted by Crippen LogP contribution is 2.16. The minimum Gasteiger partial charge on any atom is -0.480 e. The number of amides is 1. The van der Waals surface area contributed by atoms with Gasteiger partial charge in [0.25, 0.3) is 5.91 Å². The van der Waals surface area contributed by atoms with Crippen LogP contribution in [0.15, 0.2) is 41.3 Å². The number of hydrogen-bond acceptors (Lipinski definition) is 4. The number of carbonyl (C=O) groups excluding carboxylic acids is 1. The molecular weight excluding hydrogens is 366 g/mol. The number of imidazole rings is 1. The van der Waals surface area contributed by atoms with Crippen LogP contribution in [0.2, 0.25) is 0 Å². The highest BCUT2D eigenvalue weighted by atomic mass is 79.9. The van der Waals surface area contributed by atoms with E-state index in [1.165, 1.54) is 11.2 Å². The van der Waals surface area contributed by atoms with Crippen molar-refractivity contribution in [3.05, 3.63) is 47.0 Å². The Morgan fingerprint density at radius 3 is 2.74 bits per heavy atom. The molecule has 1 aromatic carbocycles. The molecule has 0 saturated carbocycles. The van der Waals surface area contributed by atoms with Crippen LogP contribution in [0.5, 0.6) is 0 Å². The van der Waals surface area contributed by atoms with Gasteiger partial charge in [0.2, 0.25) is 0 Å². The first kappa shape index (κ1) is 15.7. The molecule has 8 heteroatoms. The number of aliphatic carboxylic acids is 1. The summed E-state index contributed by atoms with van der Waals surface area (Å²) in [7, 11) is 0. The lowest BCUT2D eigenvalue weighted by Crippen LogP contribution is -2.52. The molecule has 1 aromatic heterocycles. The first-order valence-electron chi connectivity index (χ1n) is 6.97. The molecular formula is C15H14BrN3O4. The number of carbonyl (C=O) groups is 2. The first-order valence-corrected chi connectivity index (χ1v) is 7.77. The number of nitrogens with zero attached hydrogens (tertiary/aromatic N) is 3. The second-order valence-corrected chi connectivity index (χ2v) is 5.99. The molecule has 1 aliphatic rings. The zero-order valence-corrected chi connectivity index (χ0v) is 13.6. The van der Waals surface area contributed by atoms with Crippen molar-refractivity contribution in [3.63, 3.8) is 0 Å². The van der Waals surface area contributed by atoms with Crippen LogP contribution in [-0.4, -0.2) is 57.2 Å². The van der Waals surface area contributed by atoms with Gasteiger partial charge in [0.1, 0.15) is 12.0 Å². The monoisotopic (exact) mass is 379 g/mol. The molecule has 0 spiro atoms. The normalized spacial score (nSPS) is 18.0. The number of morpholine rings is 1. The number of rotatable bonds is 3. The zero-order chi connectivity index (χ0) is 16.4. The lowest BCUT2D eigenvalue weighted by Gasteiger charge is -2.32. The van der Waals surface area contributed by atoms with Crippen LogP contribution < -0.4 is 0 Å². The third-order valence-corrected chi connectivity index (χ3v) is 4.13. The first-order chi connectivity index (χ1) is 11.1. The molecule has 0 aliphatic carbocycles. The number of aromatic nitrogens is 2. The van der Waals surface area contributed by atoms with Crippen LogP contribution in [0.25, 0.3) is 5.69 Å². The van der Waals surface area contributed by atoms with Crippen molar-refractivity contribution >= 4 is 27.8 Å². The summed E-state index contributed by atoms with van der Waals surface area (Å²) >= 11 is 3.37. The van der Waals surface area contributed by atoms with Gasteiger partial charge in [-0.15, -0.1) is 0 Å². The molecule has 1 unspecified atom stereocenters. The van der Waals surface area contributed by atoms with Crippen LogP contribution >= 0.6 is 15.9 Å². The number of halogens is 1. The predicted octanol–water partition coefficient (Wildman–Crippen LogP) is 1.56. The van der Waals surface area contributed by atoms with Crippen molar-refractivity contribution < 1.29 is 19.4 Å². The van der Waals surface area contributed by atoms with E-state index in [2.05, 4.69) is 20.9 Å². The summed E-state index contributed by atoms with van der Waals surface area (Å²) in [5.74, 6) is -1.48. The van der Waals surface area contributed by atoms with E-state index in [9.17, 15) is 14.7 Å². The van der Waals surface area contributed by atoms with Gasteiger partial charge in [-0.3, -0.25) is 4.79 Å². The molecule has 0 radical (unpaired) electrons. The van der Waals surface area contributed by atoms with Crippen LogP contribution in [0, 0.1) is 0 Å². The van der Waals surface area contributed by atoms with Crippen LogP contribution in [0.4, 0.5) is 0 Å². The van der Waals surface area contributed by atoms with Crippen molar-refractivity contribution in [1.82, 2.24) is 14.5 Å². The van der Waals surface area contributed by atoms with Crippen molar-refractivity contribution in [2.45, 2.75) is 6.04 Å². The fourth-order valence-corrected chi connectivity index (χ4v) is 2.65. The predicted molar refractivity (Wildman–Crippen MR) is 84.5 cm³/mol. The fraction of sp³-hybridized carbons (Fsp3) is 0.267. The Labute approximate surface area is 140 Å². The Bertz CT molecular complexity index is 729. The molecule has 1 amide bonds. The molecule has 0 bridgehead atoms. The van der Waals surface area contributed by atoms with Gasteiger partial charge in [0.15, 0.2) is 6.04 Å². The maximum atomic E-state index is 12.5. The third-order valence-electron chi connectivity index (χ3n) is 3.60. The standard InChI is InChI=1S/C15H14BrN3O4/c16-10-1-3-11(4-2-10)18-7-12(17-9-18)14(20)19-5-6-23-8-13(19)15(21)22/h1-4,7,9,13H,5-6,8H2,(H,21,22). The zero-order valence-electron chi connectivity index (χ0n) is 12.1. The summed E-state index contributed by atoms with van der Waals surface area (Å²) in [4.78, 5) is 29.2. The quantitative estimate of drug-likeness (QED) is 0.874. The number of ether oxygens (including phenoxy) is 1. The second kappa shape index (κ2) is 6.51. The minimum atomic E-state index is -1.08.